The quantitative estimate of drug-likeness (QED) is 0.840. The molecule has 2 aliphatic rings. The predicted octanol–water partition coefficient (Wildman–Crippen LogP) is 1.52. The molecule has 4 heterocycles. The first-order valence-electron chi connectivity index (χ1n) is 7.66. The monoisotopic (exact) mass is 318 g/mol. The Balaban J connectivity index is 1.63. The van der Waals surface area contributed by atoms with Gasteiger partial charge in [-0.3, -0.25) is 4.79 Å². The number of morpholine rings is 1. The van der Waals surface area contributed by atoms with Crippen LogP contribution in [-0.4, -0.2) is 59.7 Å². The van der Waals surface area contributed by atoms with Crippen molar-refractivity contribution in [2.45, 2.75) is 18.9 Å². The van der Waals surface area contributed by atoms with Crippen molar-refractivity contribution in [2.24, 2.45) is 0 Å². The highest BCUT2D eigenvalue weighted by Gasteiger charge is 2.35. The van der Waals surface area contributed by atoms with E-state index in [1.54, 1.807) is 17.7 Å². The molecule has 22 heavy (non-hydrogen) atoms. The van der Waals surface area contributed by atoms with E-state index in [1.165, 1.54) is 0 Å². The van der Waals surface area contributed by atoms with Crippen LogP contribution in [0, 0.1) is 0 Å². The first-order chi connectivity index (χ1) is 10.8. The SMILES string of the molecule is O=C([C@@H]1CCCN1c1ncnc2ccsc12)N1CCOCC1. The van der Waals surface area contributed by atoms with Crippen molar-refractivity contribution in [3.05, 3.63) is 17.8 Å². The molecule has 1 atom stereocenters. The summed E-state index contributed by atoms with van der Waals surface area (Å²) in [6, 6.07) is 1.90. The molecule has 0 spiro atoms. The van der Waals surface area contributed by atoms with Gasteiger partial charge in [0.1, 0.15) is 12.4 Å². The topological polar surface area (TPSA) is 58.6 Å². The molecule has 2 aliphatic heterocycles. The van der Waals surface area contributed by atoms with Gasteiger partial charge >= 0.3 is 0 Å². The first kappa shape index (κ1) is 13.9. The minimum Gasteiger partial charge on any atom is -0.378 e. The van der Waals surface area contributed by atoms with Crippen molar-refractivity contribution in [2.75, 3.05) is 37.7 Å². The van der Waals surface area contributed by atoms with Crippen molar-refractivity contribution < 1.29 is 9.53 Å². The largest absolute Gasteiger partial charge is 0.378 e. The van der Waals surface area contributed by atoms with E-state index in [0.717, 1.165) is 35.4 Å². The number of carbonyl (C=O) groups is 1. The fourth-order valence-corrected chi connectivity index (χ4v) is 4.10. The zero-order valence-corrected chi connectivity index (χ0v) is 13.1. The van der Waals surface area contributed by atoms with Crippen LogP contribution in [0.3, 0.4) is 0 Å². The molecule has 1 amide bonds. The van der Waals surface area contributed by atoms with Gasteiger partial charge in [0, 0.05) is 19.6 Å². The highest BCUT2D eigenvalue weighted by atomic mass is 32.1. The van der Waals surface area contributed by atoms with Crippen LogP contribution >= 0.6 is 11.3 Å². The molecule has 0 unspecified atom stereocenters. The third-order valence-electron chi connectivity index (χ3n) is 4.36. The Kier molecular flexibility index (Phi) is 3.67. The second-order valence-corrected chi connectivity index (χ2v) is 6.54. The molecule has 2 saturated heterocycles. The minimum atomic E-state index is -0.0988. The summed E-state index contributed by atoms with van der Waals surface area (Å²) in [4.78, 5) is 25.7. The highest BCUT2D eigenvalue weighted by molar-refractivity contribution is 7.17. The average Bonchev–Trinajstić information content (AvgIpc) is 3.23. The Morgan fingerprint density at radius 1 is 1.27 bits per heavy atom. The highest BCUT2D eigenvalue weighted by Crippen LogP contribution is 2.33. The summed E-state index contributed by atoms with van der Waals surface area (Å²) in [5, 5.41) is 2.03. The van der Waals surface area contributed by atoms with Crippen LogP contribution < -0.4 is 4.90 Å². The van der Waals surface area contributed by atoms with Crippen molar-refractivity contribution in [3.63, 3.8) is 0 Å². The second-order valence-electron chi connectivity index (χ2n) is 5.62. The van der Waals surface area contributed by atoms with Gasteiger partial charge in [-0.05, 0) is 24.3 Å². The Morgan fingerprint density at radius 3 is 3.00 bits per heavy atom. The number of nitrogens with zero attached hydrogens (tertiary/aromatic N) is 4. The predicted molar refractivity (Wildman–Crippen MR) is 85.2 cm³/mol. The Morgan fingerprint density at radius 2 is 2.14 bits per heavy atom. The average molecular weight is 318 g/mol. The van der Waals surface area contributed by atoms with E-state index in [0.29, 0.717) is 26.3 Å². The number of aromatic nitrogens is 2. The third-order valence-corrected chi connectivity index (χ3v) is 5.26. The Labute approximate surface area is 132 Å². The fourth-order valence-electron chi connectivity index (χ4n) is 3.25. The fraction of sp³-hybridized carbons (Fsp3) is 0.533. The van der Waals surface area contributed by atoms with Crippen LogP contribution in [0.2, 0.25) is 0 Å². The van der Waals surface area contributed by atoms with Gasteiger partial charge in [-0.15, -0.1) is 11.3 Å². The summed E-state index contributed by atoms with van der Waals surface area (Å²) >= 11 is 1.64. The summed E-state index contributed by atoms with van der Waals surface area (Å²) < 4.78 is 6.42. The van der Waals surface area contributed by atoms with E-state index in [4.69, 9.17) is 4.74 Å². The zero-order chi connectivity index (χ0) is 14.9. The van der Waals surface area contributed by atoms with Gasteiger partial charge < -0.3 is 14.5 Å². The van der Waals surface area contributed by atoms with Gasteiger partial charge in [-0.1, -0.05) is 0 Å². The molecule has 4 rings (SSSR count). The van der Waals surface area contributed by atoms with Crippen LogP contribution in [0.25, 0.3) is 10.2 Å². The van der Waals surface area contributed by atoms with Crippen LogP contribution in [0.5, 0.6) is 0 Å². The molecule has 116 valence electrons. The maximum absolute atomic E-state index is 12.8. The lowest BCUT2D eigenvalue weighted by molar-refractivity contribution is -0.136. The number of ether oxygens (including phenoxy) is 1. The molecule has 0 bridgehead atoms. The van der Waals surface area contributed by atoms with Crippen molar-refractivity contribution in [3.8, 4) is 0 Å². The van der Waals surface area contributed by atoms with Crippen LogP contribution in [-0.2, 0) is 9.53 Å². The first-order valence-corrected chi connectivity index (χ1v) is 8.54. The maximum Gasteiger partial charge on any atom is 0.245 e. The maximum atomic E-state index is 12.8. The summed E-state index contributed by atoms with van der Waals surface area (Å²) in [5.74, 6) is 1.12. The molecule has 0 radical (unpaired) electrons. The van der Waals surface area contributed by atoms with Gasteiger partial charge in [0.15, 0.2) is 5.82 Å². The van der Waals surface area contributed by atoms with E-state index in [2.05, 4.69) is 14.9 Å². The van der Waals surface area contributed by atoms with Crippen molar-refractivity contribution >= 4 is 33.3 Å². The van der Waals surface area contributed by atoms with Crippen molar-refractivity contribution in [1.29, 1.82) is 0 Å². The lowest BCUT2D eigenvalue weighted by Gasteiger charge is -2.33. The van der Waals surface area contributed by atoms with Gasteiger partial charge in [0.25, 0.3) is 0 Å². The number of rotatable bonds is 2. The smallest absolute Gasteiger partial charge is 0.245 e. The summed E-state index contributed by atoms with van der Waals surface area (Å²) in [6.45, 7) is 3.55. The molecule has 2 aromatic heterocycles. The van der Waals surface area contributed by atoms with Gasteiger partial charge in [-0.25, -0.2) is 9.97 Å². The molecular weight excluding hydrogens is 300 g/mol. The molecule has 0 N–H and O–H groups in total. The molecule has 2 fully saturated rings. The van der Waals surface area contributed by atoms with Crippen LogP contribution in [0.4, 0.5) is 5.82 Å². The van der Waals surface area contributed by atoms with Crippen molar-refractivity contribution in [1.82, 2.24) is 14.9 Å². The summed E-state index contributed by atoms with van der Waals surface area (Å²) in [6.07, 6.45) is 3.52. The minimum absolute atomic E-state index is 0.0988. The standard InChI is InChI=1S/C15H18N4O2S/c20-15(18-5-7-21-8-6-18)12-2-1-4-19(12)14-13-11(3-9-22-13)16-10-17-14/h3,9-10,12H,1-2,4-8H2/t12-/m0/s1. The Bertz CT molecular complexity index is 683. The lowest BCUT2D eigenvalue weighted by atomic mass is 10.2. The van der Waals surface area contributed by atoms with E-state index in [9.17, 15) is 4.79 Å². The third kappa shape index (κ3) is 2.34. The van der Waals surface area contributed by atoms with Crippen LogP contribution in [0.15, 0.2) is 17.8 Å². The molecule has 0 aromatic carbocycles. The normalized spacial score (nSPS) is 22.5. The van der Waals surface area contributed by atoms with E-state index in [1.807, 2.05) is 16.3 Å². The number of hydrogen-bond acceptors (Lipinski definition) is 6. The number of carbonyl (C=O) groups excluding carboxylic acids is 1. The van der Waals surface area contributed by atoms with Gasteiger partial charge in [0.05, 0.1) is 23.4 Å². The number of fused-ring (bicyclic) bond motifs is 1. The number of anilines is 1. The van der Waals surface area contributed by atoms with E-state index >= 15 is 0 Å². The van der Waals surface area contributed by atoms with Gasteiger partial charge in [-0.2, -0.15) is 0 Å². The lowest BCUT2D eigenvalue weighted by Crippen LogP contribution is -2.50. The zero-order valence-electron chi connectivity index (χ0n) is 12.3. The molecular formula is C15H18N4O2S. The number of thiophene rings is 1. The Hall–Kier alpha value is -1.73. The number of hydrogen-bond donors (Lipinski definition) is 0. The molecule has 6 nitrogen and oxygen atoms in total. The van der Waals surface area contributed by atoms with E-state index in [-0.39, 0.29) is 11.9 Å². The summed E-state index contributed by atoms with van der Waals surface area (Å²) in [7, 11) is 0. The molecule has 0 saturated carbocycles. The molecule has 7 heteroatoms. The number of amides is 1. The molecule has 0 aliphatic carbocycles. The van der Waals surface area contributed by atoms with Gasteiger partial charge in [0.2, 0.25) is 5.91 Å². The second kappa shape index (κ2) is 5.81. The summed E-state index contributed by atoms with van der Waals surface area (Å²) in [5.41, 5.74) is 0.958. The van der Waals surface area contributed by atoms with E-state index < -0.39 is 0 Å². The van der Waals surface area contributed by atoms with Crippen LogP contribution in [0.1, 0.15) is 12.8 Å². The molecule has 2 aromatic rings.